The van der Waals surface area contributed by atoms with Crippen molar-refractivity contribution in [3.05, 3.63) is 23.8 Å². The number of rotatable bonds is 3. The normalized spacial score (nSPS) is 20.7. The first-order valence-corrected chi connectivity index (χ1v) is 8.56. The summed E-state index contributed by atoms with van der Waals surface area (Å²) in [6, 6.07) is 5.62. The average molecular weight is 316 g/mol. The van der Waals surface area contributed by atoms with Crippen LogP contribution < -0.4 is 10.1 Å². The lowest BCUT2D eigenvalue weighted by Crippen LogP contribution is -2.45. The van der Waals surface area contributed by atoms with Crippen LogP contribution in [0.2, 0.25) is 0 Å². The Hall–Kier alpha value is -2.04. The van der Waals surface area contributed by atoms with Gasteiger partial charge in [-0.15, -0.1) is 0 Å². The second-order valence-electron chi connectivity index (χ2n) is 6.29. The van der Waals surface area contributed by atoms with Gasteiger partial charge in [-0.05, 0) is 43.9 Å². The predicted molar refractivity (Wildman–Crippen MR) is 88.8 cm³/mol. The highest BCUT2D eigenvalue weighted by Crippen LogP contribution is 2.30. The zero-order valence-electron chi connectivity index (χ0n) is 13.6. The molecule has 2 aliphatic heterocycles. The lowest BCUT2D eigenvalue weighted by molar-refractivity contribution is -0.116. The number of carbonyl (C=O) groups is 2. The molecule has 0 aromatic heterocycles. The van der Waals surface area contributed by atoms with Crippen molar-refractivity contribution >= 4 is 17.5 Å². The highest BCUT2D eigenvalue weighted by molar-refractivity contribution is 5.99. The Bertz CT molecular complexity index is 600. The number of carbonyl (C=O) groups excluding carboxylic acids is 2. The van der Waals surface area contributed by atoms with Gasteiger partial charge in [-0.2, -0.15) is 0 Å². The Balaban J connectivity index is 1.86. The topological polar surface area (TPSA) is 58.6 Å². The molecule has 0 saturated carbocycles. The first-order chi connectivity index (χ1) is 11.2. The number of benzene rings is 1. The molecule has 5 heteroatoms. The van der Waals surface area contributed by atoms with Crippen LogP contribution >= 0.6 is 0 Å². The molecule has 124 valence electrons. The predicted octanol–water partition coefficient (Wildman–Crippen LogP) is 3.20. The molecule has 5 nitrogen and oxygen atoms in total. The second-order valence-corrected chi connectivity index (χ2v) is 6.29. The van der Waals surface area contributed by atoms with Crippen molar-refractivity contribution in [2.75, 3.05) is 18.5 Å². The van der Waals surface area contributed by atoms with E-state index in [0.717, 1.165) is 32.2 Å². The standard InChI is InChI=1S/C18H24N2O3/c1-2-5-17(21)19-13-7-8-16-15(12-13)18(22)20-10-4-3-6-14(20)9-11-23-16/h7-8,12,14H,2-6,9-11H2,1H3,(H,19,21). The number of nitrogens with zero attached hydrogens (tertiary/aromatic N) is 1. The van der Waals surface area contributed by atoms with Gasteiger partial charge in [0.25, 0.3) is 5.91 Å². The number of nitrogens with one attached hydrogen (secondary N) is 1. The fourth-order valence-corrected chi connectivity index (χ4v) is 3.38. The van der Waals surface area contributed by atoms with Gasteiger partial charge < -0.3 is 15.0 Å². The molecule has 1 aromatic carbocycles. The minimum absolute atomic E-state index is 0.0241. The van der Waals surface area contributed by atoms with Gasteiger partial charge in [0.05, 0.1) is 12.2 Å². The molecule has 0 radical (unpaired) electrons. The van der Waals surface area contributed by atoms with Crippen LogP contribution in [-0.4, -0.2) is 35.9 Å². The second kappa shape index (κ2) is 7.02. The maximum Gasteiger partial charge on any atom is 0.257 e. The number of piperidine rings is 1. The molecular weight excluding hydrogens is 292 g/mol. The van der Waals surface area contributed by atoms with Crippen molar-refractivity contribution in [3.63, 3.8) is 0 Å². The molecular formula is C18H24N2O3. The molecule has 1 fully saturated rings. The molecule has 0 spiro atoms. The third kappa shape index (κ3) is 3.49. The van der Waals surface area contributed by atoms with Crippen molar-refractivity contribution in [2.45, 2.75) is 51.5 Å². The molecule has 1 N–H and O–H groups in total. The molecule has 1 aromatic rings. The zero-order chi connectivity index (χ0) is 16.2. The number of ether oxygens (including phenoxy) is 1. The van der Waals surface area contributed by atoms with Crippen LogP contribution in [0.3, 0.4) is 0 Å². The highest BCUT2D eigenvalue weighted by Gasteiger charge is 2.31. The summed E-state index contributed by atoms with van der Waals surface area (Å²) in [6.45, 7) is 3.41. The molecule has 2 aliphatic rings. The summed E-state index contributed by atoms with van der Waals surface area (Å²) in [7, 11) is 0. The van der Waals surface area contributed by atoms with E-state index in [2.05, 4.69) is 5.32 Å². The van der Waals surface area contributed by atoms with Crippen LogP contribution in [0.4, 0.5) is 5.69 Å². The minimum atomic E-state index is -0.0255. The molecule has 0 aliphatic carbocycles. The fraction of sp³-hybridized carbons (Fsp3) is 0.556. The van der Waals surface area contributed by atoms with Gasteiger partial charge >= 0.3 is 0 Å². The summed E-state index contributed by atoms with van der Waals surface area (Å²) >= 11 is 0. The van der Waals surface area contributed by atoms with E-state index in [9.17, 15) is 9.59 Å². The third-order valence-corrected chi connectivity index (χ3v) is 4.57. The van der Waals surface area contributed by atoms with Crippen molar-refractivity contribution in [1.82, 2.24) is 4.90 Å². The Morgan fingerprint density at radius 2 is 2.22 bits per heavy atom. The quantitative estimate of drug-likeness (QED) is 0.931. The van der Waals surface area contributed by atoms with Crippen molar-refractivity contribution in [3.8, 4) is 5.75 Å². The molecule has 1 atom stereocenters. The van der Waals surface area contributed by atoms with Gasteiger partial charge in [0.2, 0.25) is 5.91 Å². The van der Waals surface area contributed by atoms with Gasteiger partial charge in [-0.25, -0.2) is 0 Å². The number of fused-ring (bicyclic) bond motifs is 2. The summed E-state index contributed by atoms with van der Waals surface area (Å²) in [6.07, 6.45) is 5.46. The minimum Gasteiger partial charge on any atom is -0.493 e. The molecule has 2 heterocycles. The maximum atomic E-state index is 12.9. The number of hydrogen-bond acceptors (Lipinski definition) is 3. The lowest BCUT2D eigenvalue weighted by Gasteiger charge is -2.37. The van der Waals surface area contributed by atoms with Crippen molar-refractivity contribution < 1.29 is 14.3 Å². The first kappa shape index (κ1) is 15.8. The molecule has 1 unspecified atom stereocenters. The third-order valence-electron chi connectivity index (χ3n) is 4.57. The van der Waals surface area contributed by atoms with Gasteiger partial charge in [-0.3, -0.25) is 9.59 Å². The Kier molecular flexibility index (Phi) is 4.84. The highest BCUT2D eigenvalue weighted by atomic mass is 16.5. The summed E-state index contributed by atoms with van der Waals surface area (Å²) in [5.74, 6) is 0.617. The first-order valence-electron chi connectivity index (χ1n) is 8.56. The van der Waals surface area contributed by atoms with E-state index in [0.29, 0.717) is 30.0 Å². The Labute approximate surface area is 137 Å². The van der Waals surface area contributed by atoms with Gasteiger partial charge in [-0.1, -0.05) is 6.92 Å². The maximum absolute atomic E-state index is 12.9. The van der Waals surface area contributed by atoms with E-state index < -0.39 is 0 Å². The molecule has 3 rings (SSSR count). The Morgan fingerprint density at radius 3 is 3.04 bits per heavy atom. The number of anilines is 1. The van der Waals surface area contributed by atoms with Crippen LogP contribution in [0.25, 0.3) is 0 Å². The fourth-order valence-electron chi connectivity index (χ4n) is 3.38. The molecule has 0 bridgehead atoms. The monoisotopic (exact) mass is 316 g/mol. The van der Waals surface area contributed by atoms with E-state index in [4.69, 9.17) is 4.74 Å². The summed E-state index contributed by atoms with van der Waals surface area (Å²) in [5.41, 5.74) is 1.22. The van der Waals surface area contributed by atoms with E-state index in [1.807, 2.05) is 11.8 Å². The van der Waals surface area contributed by atoms with Crippen LogP contribution in [0.5, 0.6) is 5.75 Å². The van der Waals surface area contributed by atoms with E-state index in [1.54, 1.807) is 18.2 Å². The van der Waals surface area contributed by atoms with Crippen LogP contribution in [0.1, 0.15) is 55.8 Å². The van der Waals surface area contributed by atoms with E-state index >= 15 is 0 Å². The lowest BCUT2D eigenvalue weighted by atomic mass is 9.97. The van der Waals surface area contributed by atoms with Gasteiger partial charge in [0.1, 0.15) is 5.75 Å². The van der Waals surface area contributed by atoms with Gasteiger partial charge in [0, 0.05) is 31.1 Å². The molecule has 2 amide bonds. The zero-order valence-corrected chi connectivity index (χ0v) is 13.6. The summed E-state index contributed by atoms with van der Waals surface area (Å²) in [4.78, 5) is 26.7. The molecule has 1 saturated heterocycles. The summed E-state index contributed by atoms with van der Waals surface area (Å²) < 4.78 is 5.80. The van der Waals surface area contributed by atoms with E-state index in [-0.39, 0.29) is 17.9 Å². The van der Waals surface area contributed by atoms with Crippen molar-refractivity contribution in [2.24, 2.45) is 0 Å². The van der Waals surface area contributed by atoms with Crippen LogP contribution in [-0.2, 0) is 4.79 Å². The van der Waals surface area contributed by atoms with Gasteiger partial charge in [0.15, 0.2) is 0 Å². The van der Waals surface area contributed by atoms with Crippen LogP contribution in [0.15, 0.2) is 18.2 Å². The van der Waals surface area contributed by atoms with Crippen molar-refractivity contribution in [1.29, 1.82) is 0 Å². The SMILES string of the molecule is CCCC(=O)Nc1ccc2c(c1)C(=O)N1CCCCC1CCO2. The Morgan fingerprint density at radius 1 is 1.35 bits per heavy atom. The smallest absolute Gasteiger partial charge is 0.257 e. The average Bonchev–Trinajstić information content (AvgIpc) is 2.55. The number of amides is 2. The largest absolute Gasteiger partial charge is 0.493 e. The van der Waals surface area contributed by atoms with Crippen LogP contribution in [0, 0.1) is 0 Å². The van der Waals surface area contributed by atoms with E-state index in [1.165, 1.54) is 6.42 Å². The molecule has 23 heavy (non-hydrogen) atoms. The number of hydrogen-bond donors (Lipinski definition) is 1. The summed E-state index contributed by atoms with van der Waals surface area (Å²) in [5, 5.41) is 2.86.